The van der Waals surface area contributed by atoms with Crippen LogP contribution in [0.4, 0.5) is 4.39 Å². The number of aryl methyl sites for hydroxylation is 1. The highest BCUT2D eigenvalue weighted by atomic mass is 19.1. The standard InChI is InChI=1S/C11H8F/c1-8-4-2-6-10-9(8)5-3-7-11(10)12/h2-4,6-7H,1H3. The van der Waals surface area contributed by atoms with Crippen LogP contribution < -0.4 is 0 Å². The van der Waals surface area contributed by atoms with Gasteiger partial charge in [0.25, 0.3) is 0 Å². The summed E-state index contributed by atoms with van der Waals surface area (Å²) in [6.45, 7) is 1.96. The Morgan fingerprint density at radius 1 is 1.25 bits per heavy atom. The van der Waals surface area contributed by atoms with Crippen molar-refractivity contribution < 1.29 is 4.39 Å². The summed E-state index contributed by atoms with van der Waals surface area (Å²) in [6, 6.07) is 11.7. The predicted octanol–water partition coefficient (Wildman–Crippen LogP) is 3.09. The first kappa shape index (κ1) is 7.29. The second-order valence-corrected chi connectivity index (χ2v) is 2.82. The van der Waals surface area contributed by atoms with Crippen LogP contribution in [0, 0.1) is 18.8 Å². The predicted molar refractivity (Wildman–Crippen MR) is 47.5 cm³/mol. The van der Waals surface area contributed by atoms with Gasteiger partial charge in [-0.1, -0.05) is 24.3 Å². The molecule has 2 aromatic rings. The van der Waals surface area contributed by atoms with E-state index in [0.29, 0.717) is 5.39 Å². The lowest BCUT2D eigenvalue weighted by Crippen LogP contribution is -1.81. The second-order valence-electron chi connectivity index (χ2n) is 2.82. The minimum absolute atomic E-state index is 0.174. The van der Waals surface area contributed by atoms with E-state index in [9.17, 15) is 4.39 Å². The first-order valence-corrected chi connectivity index (χ1v) is 3.84. The van der Waals surface area contributed by atoms with Gasteiger partial charge in [0.15, 0.2) is 0 Å². The number of halogens is 1. The Bertz CT molecular complexity index is 377. The Balaban J connectivity index is 2.94. The summed E-state index contributed by atoms with van der Waals surface area (Å²) in [5.74, 6) is -0.174. The van der Waals surface area contributed by atoms with Crippen LogP contribution >= 0.6 is 0 Å². The van der Waals surface area contributed by atoms with E-state index in [2.05, 4.69) is 6.07 Å². The number of hydrogen-bond acceptors (Lipinski definition) is 0. The van der Waals surface area contributed by atoms with Crippen molar-refractivity contribution in [1.82, 2.24) is 0 Å². The highest BCUT2D eigenvalue weighted by Gasteiger charge is 2.00. The van der Waals surface area contributed by atoms with Crippen molar-refractivity contribution in [3.05, 3.63) is 47.8 Å². The van der Waals surface area contributed by atoms with Crippen molar-refractivity contribution >= 4 is 10.8 Å². The van der Waals surface area contributed by atoms with Gasteiger partial charge in [-0.25, -0.2) is 4.39 Å². The molecule has 0 atom stereocenters. The molecule has 0 spiro atoms. The number of fused-ring (bicyclic) bond motifs is 1. The van der Waals surface area contributed by atoms with Crippen LogP contribution in [0.1, 0.15) is 5.56 Å². The Morgan fingerprint density at radius 3 is 2.83 bits per heavy atom. The molecule has 0 aliphatic carbocycles. The van der Waals surface area contributed by atoms with Crippen LogP contribution in [0.25, 0.3) is 10.8 Å². The van der Waals surface area contributed by atoms with Gasteiger partial charge in [-0.15, -0.1) is 0 Å². The third kappa shape index (κ3) is 0.981. The molecule has 1 heteroatoms. The first-order chi connectivity index (χ1) is 5.79. The zero-order valence-corrected chi connectivity index (χ0v) is 6.76. The molecule has 0 saturated carbocycles. The van der Waals surface area contributed by atoms with E-state index in [1.165, 1.54) is 6.07 Å². The molecule has 0 amide bonds. The van der Waals surface area contributed by atoms with Gasteiger partial charge in [-0.3, -0.25) is 0 Å². The summed E-state index contributed by atoms with van der Waals surface area (Å²) >= 11 is 0. The van der Waals surface area contributed by atoms with Gasteiger partial charge in [-0.05, 0) is 30.0 Å². The average molecular weight is 159 g/mol. The summed E-state index contributed by atoms with van der Waals surface area (Å²) in [7, 11) is 0. The maximum atomic E-state index is 13.1. The molecule has 0 nitrogen and oxygen atoms in total. The van der Waals surface area contributed by atoms with Crippen LogP contribution in [0.3, 0.4) is 0 Å². The molecule has 0 aromatic heterocycles. The van der Waals surface area contributed by atoms with Crippen molar-refractivity contribution in [2.45, 2.75) is 6.92 Å². The Labute approximate surface area is 70.6 Å². The van der Waals surface area contributed by atoms with E-state index in [4.69, 9.17) is 0 Å². The lowest BCUT2D eigenvalue weighted by atomic mass is 10.1. The fraction of sp³-hybridized carbons (Fsp3) is 0.0909. The van der Waals surface area contributed by atoms with Gasteiger partial charge in [0.05, 0.1) is 0 Å². The zero-order chi connectivity index (χ0) is 8.55. The number of rotatable bonds is 0. The van der Waals surface area contributed by atoms with E-state index in [-0.39, 0.29) is 5.82 Å². The Morgan fingerprint density at radius 2 is 2.08 bits per heavy atom. The van der Waals surface area contributed by atoms with Crippen molar-refractivity contribution in [3.63, 3.8) is 0 Å². The van der Waals surface area contributed by atoms with Crippen LogP contribution in [-0.4, -0.2) is 0 Å². The summed E-state index contributed by atoms with van der Waals surface area (Å²) in [6.07, 6.45) is 0. The molecule has 0 fully saturated rings. The molecule has 0 saturated heterocycles. The average Bonchev–Trinajstić information content (AvgIpc) is 2.07. The molecule has 0 aliphatic heterocycles. The molecule has 2 aromatic carbocycles. The smallest absolute Gasteiger partial charge is 0.131 e. The molecule has 2 rings (SSSR count). The molecule has 0 aliphatic rings. The van der Waals surface area contributed by atoms with Gasteiger partial charge in [0.2, 0.25) is 0 Å². The summed E-state index contributed by atoms with van der Waals surface area (Å²) < 4.78 is 13.1. The zero-order valence-electron chi connectivity index (χ0n) is 6.76. The molecule has 12 heavy (non-hydrogen) atoms. The van der Waals surface area contributed by atoms with Gasteiger partial charge in [0.1, 0.15) is 5.82 Å². The summed E-state index contributed by atoms with van der Waals surface area (Å²) in [5, 5.41) is 1.52. The van der Waals surface area contributed by atoms with E-state index in [0.717, 1.165) is 10.9 Å². The molecular formula is C11H8F. The fourth-order valence-corrected chi connectivity index (χ4v) is 1.35. The first-order valence-electron chi connectivity index (χ1n) is 3.84. The summed E-state index contributed by atoms with van der Waals surface area (Å²) in [5.41, 5.74) is 1.06. The van der Waals surface area contributed by atoms with E-state index in [1.54, 1.807) is 12.1 Å². The van der Waals surface area contributed by atoms with Gasteiger partial charge < -0.3 is 0 Å². The van der Waals surface area contributed by atoms with Crippen LogP contribution in [-0.2, 0) is 0 Å². The van der Waals surface area contributed by atoms with Crippen LogP contribution in [0.15, 0.2) is 30.3 Å². The second kappa shape index (κ2) is 2.59. The maximum absolute atomic E-state index is 13.1. The van der Waals surface area contributed by atoms with Crippen molar-refractivity contribution in [3.8, 4) is 0 Å². The highest BCUT2D eigenvalue weighted by molar-refractivity contribution is 5.85. The van der Waals surface area contributed by atoms with Crippen molar-refractivity contribution in [1.29, 1.82) is 0 Å². The fourth-order valence-electron chi connectivity index (χ4n) is 1.35. The topological polar surface area (TPSA) is 0 Å². The van der Waals surface area contributed by atoms with Crippen molar-refractivity contribution in [2.24, 2.45) is 0 Å². The van der Waals surface area contributed by atoms with Crippen LogP contribution in [0.2, 0.25) is 0 Å². The molecule has 0 unspecified atom stereocenters. The molecule has 59 valence electrons. The Kier molecular flexibility index (Phi) is 1.58. The van der Waals surface area contributed by atoms with Crippen molar-refractivity contribution in [2.75, 3.05) is 0 Å². The third-order valence-electron chi connectivity index (χ3n) is 1.99. The highest BCUT2D eigenvalue weighted by Crippen LogP contribution is 2.19. The quantitative estimate of drug-likeness (QED) is 0.554. The molecule has 0 heterocycles. The lowest BCUT2D eigenvalue weighted by Gasteiger charge is -2.00. The van der Waals surface area contributed by atoms with Crippen LogP contribution in [0.5, 0.6) is 0 Å². The van der Waals surface area contributed by atoms with E-state index < -0.39 is 0 Å². The SMILES string of the molecule is Cc1cccc2c(F)cc[c]c12. The number of benzene rings is 2. The van der Waals surface area contributed by atoms with E-state index >= 15 is 0 Å². The van der Waals surface area contributed by atoms with Gasteiger partial charge >= 0.3 is 0 Å². The number of hydrogen-bond donors (Lipinski definition) is 0. The third-order valence-corrected chi connectivity index (χ3v) is 1.99. The lowest BCUT2D eigenvalue weighted by molar-refractivity contribution is 0.640. The molecular weight excluding hydrogens is 151 g/mol. The monoisotopic (exact) mass is 159 g/mol. The minimum Gasteiger partial charge on any atom is -0.206 e. The van der Waals surface area contributed by atoms with Gasteiger partial charge in [0, 0.05) is 5.39 Å². The molecule has 0 bridgehead atoms. The normalized spacial score (nSPS) is 10.5. The largest absolute Gasteiger partial charge is 0.206 e. The minimum atomic E-state index is -0.174. The molecule has 1 radical (unpaired) electrons. The summed E-state index contributed by atoms with van der Waals surface area (Å²) in [4.78, 5) is 0. The maximum Gasteiger partial charge on any atom is 0.131 e. The van der Waals surface area contributed by atoms with Gasteiger partial charge in [-0.2, -0.15) is 0 Å². The van der Waals surface area contributed by atoms with E-state index in [1.807, 2.05) is 19.1 Å². The Hall–Kier alpha value is -1.37. The molecule has 0 N–H and O–H groups in total.